The van der Waals surface area contributed by atoms with Crippen LogP contribution in [0.15, 0.2) is 30.3 Å². The van der Waals surface area contributed by atoms with Crippen LogP contribution in [0, 0.1) is 0 Å². The number of benzene rings is 1. The molecular weight excluding hydrogens is 172 g/mol. The predicted molar refractivity (Wildman–Crippen MR) is 52.1 cm³/mol. The summed E-state index contributed by atoms with van der Waals surface area (Å²) < 4.78 is 10.4. The molecule has 0 aliphatic carbocycles. The van der Waals surface area contributed by atoms with Gasteiger partial charge < -0.3 is 9.47 Å². The van der Waals surface area contributed by atoms with E-state index in [0.29, 0.717) is 12.7 Å². The lowest BCUT2D eigenvalue weighted by atomic mass is 10.3. The summed E-state index contributed by atoms with van der Waals surface area (Å²) in [5.41, 5.74) is 0. The van der Waals surface area contributed by atoms with Crippen molar-refractivity contribution in [3.8, 4) is 5.75 Å². The van der Waals surface area contributed by atoms with E-state index in [1.165, 1.54) is 0 Å². The zero-order chi connectivity index (χ0) is 7.52. The van der Waals surface area contributed by atoms with Gasteiger partial charge in [-0.3, -0.25) is 0 Å². The van der Waals surface area contributed by atoms with Crippen molar-refractivity contribution in [1.29, 1.82) is 0 Å². The average molecular weight is 184 g/mol. The number of ether oxygens (including phenoxy) is 2. The lowest BCUT2D eigenvalue weighted by molar-refractivity contribution is 0.263. The topological polar surface area (TPSA) is 21.8 Å². The second-order valence-electron chi connectivity index (χ2n) is 2.58. The van der Waals surface area contributed by atoms with Gasteiger partial charge >= 0.3 is 0 Å². The number of hydrogen-bond acceptors (Lipinski definition) is 2. The van der Waals surface area contributed by atoms with Crippen molar-refractivity contribution in [3.05, 3.63) is 30.3 Å². The lowest BCUT2D eigenvalue weighted by Crippen LogP contribution is -2.03. The van der Waals surface area contributed by atoms with E-state index in [4.69, 9.17) is 9.47 Å². The molecule has 0 aromatic heterocycles. The number of epoxide rings is 1. The lowest BCUT2D eigenvalue weighted by Gasteiger charge is -2.01. The molecule has 0 N–H and O–H groups in total. The molecule has 1 aliphatic heterocycles. The van der Waals surface area contributed by atoms with Crippen LogP contribution in [0.1, 0.15) is 0 Å². The van der Waals surface area contributed by atoms with E-state index in [-0.39, 0.29) is 13.5 Å². The Kier molecular flexibility index (Phi) is 3.44. The van der Waals surface area contributed by atoms with Gasteiger partial charge in [0.25, 0.3) is 0 Å². The zero-order valence-electron chi connectivity index (χ0n) is 6.69. The largest absolute Gasteiger partial charge is 0.491 e. The number of para-hydroxylation sites is 1. The summed E-state index contributed by atoms with van der Waals surface area (Å²) in [6, 6.07) is 9.79. The SMILES string of the molecule is S.c1ccc(OCC2CO2)cc1. The highest BCUT2D eigenvalue weighted by molar-refractivity contribution is 7.59. The molecule has 0 spiro atoms. The Morgan fingerprint density at radius 1 is 1.33 bits per heavy atom. The quantitative estimate of drug-likeness (QED) is 0.665. The van der Waals surface area contributed by atoms with E-state index in [9.17, 15) is 0 Å². The van der Waals surface area contributed by atoms with Gasteiger partial charge in [-0.2, -0.15) is 13.5 Å². The first kappa shape index (κ1) is 9.42. The first-order valence-corrected chi connectivity index (χ1v) is 3.74. The standard InChI is InChI=1S/C9H10O2.H2S/c1-2-4-8(5-3-1)10-6-9-7-11-9;/h1-5,9H,6-7H2;1H2. The maximum atomic E-state index is 5.40. The Morgan fingerprint density at radius 3 is 2.58 bits per heavy atom. The molecular formula is C9H12O2S. The summed E-state index contributed by atoms with van der Waals surface area (Å²) in [5.74, 6) is 0.919. The Bertz CT molecular complexity index is 221. The minimum Gasteiger partial charge on any atom is -0.491 e. The van der Waals surface area contributed by atoms with Crippen LogP contribution in [0.5, 0.6) is 5.75 Å². The van der Waals surface area contributed by atoms with Crippen LogP contribution in [0.3, 0.4) is 0 Å². The van der Waals surface area contributed by atoms with E-state index in [1.807, 2.05) is 30.3 Å². The summed E-state index contributed by atoms with van der Waals surface area (Å²) >= 11 is 0. The normalized spacial score (nSPS) is 19.5. The van der Waals surface area contributed by atoms with Crippen molar-refractivity contribution >= 4 is 13.5 Å². The van der Waals surface area contributed by atoms with Gasteiger partial charge in [-0.25, -0.2) is 0 Å². The summed E-state index contributed by atoms with van der Waals surface area (Å²) in [6.45, 7) is 1.54. The number of hydrogen-bond donors (Lipinski definition) is 0. The second-order valence-corrected chi connectivity index (χ2v) is 2.58. The first-order valence-electron chi connectivity index (χ1n) is 3.74. The van der Waals surface area contributed by atoms with Gasteiger partial charge in [-0.1, -0.05) is 18.2 Å². The van der Waals surface area contributed by atoms with Gasteiger partial charge in [-0.15, -0.1) is 0 Å². The molecule has 1 aromatic carbocycles. The van der Waals surface area contributed by atoms with Crippen LogP contribution in [0.4, 0.5) is 0 Å². The van der Waals surface area contributed by atoms with Crippen molar-refractivity contribution in [2.24, 2.45) is 0 Å². The summed E-state index contributed by atoms with van der Waals surface area (Å²) in [6.07, 6.45) is 0.343. The molecule has 1 aromatic rings. The average Bonchev–Trinajstić information content (AvgIpc) is 2.86. The highest BCUT2D eigenvalue weighted by atomic mass is 32.1. The molecule has 1 heterocycles. The molecule has 66 valence electrons. The molecule has 2 rings (SSSR count). The maximum absolute atomic E-state index is 5.40. The van der Waals surface area contributed by atoms with Gasteiger partial charge in [0, 0.05) is 0 Å². The molecule has 1 saturated heterocycles. The Hall–Kier alpha value is -0.670. The molecule has 2 nitrogen and oxygen atoms in total. The van der Waals surface area contributed by atoms with Crippen molar-refractivity contribution in [2.45, 2.75) is 6.10 Å². The fourth-order valence-corrected chi connectivity index (χ4v) is 0.870. The van der Waals surface area contributed by atoms with Crippen molar-refractivity contribution in [3.63, 3.8) is 0 Å². The predicted octanol–water partition coefficient (Wildman–Crippen LogP) is 1.58. The monoisotopic (exact) mass is 184 g/mol. The number of rotatable bonds is 3. The second kappa shape index (κ2) is 4.38. The molecule has 0 saturated carbocycles. The Labute approximate surface area is 78.9 Å². The van der Waals surface area contributed by atoms with E-state index in [1.54, 1.807) is 0 Å². The van der Waals surface area contributed by atoms with Gasteiger partial charge in [0.2, 0.25) is 0 Å². The molecule has 1 atom stereocenters. The molecule has 1 unspecified atom stereocenters. The van der Waals surface area contributed by atoms with Gasteiger partial charge in [-0.05, 0) is 12.1 Å². The molecule has 3 heteroatoms. The third-order valence-corrected chi connectivity index (χ3v) is 1.58. The first-order chi connectivity index (χ1) is 5.45. The minimum absolute atomic E-state index is 0. The highest BCUT2D eigenvalue weighted by Crippen LogP contribution is 2.13. The van der Waals surface area contributed by atoms with Crippen LogP contribution >= 0.6 is 13.5 Å². The minimum atomic E-state index is 0. The Balaban J connectivity index is 0.000000720. The molecule has 1 fully saturated rings. The maximum Gasteiger partial charge on any atom is 0.119 e. The van der Waals surface area contributed by atoms with Crippen molar-refractivity contribution < 1.29 is 9.47 Å². The van der Waals surface area contributed by atoms with Crippen molar-refractivity contribution in [2.75, 3.05) is 13.2 Å². The van der Waals surface area contributed by atoms with Crippen molar-refractivity contribution in [1.82, 2.24) is 0 Å². The van der Waals surface area contributed by atoms with Gasteiger partial charge in [0.15, 0.2) is 0 Å². The van der Waals surface area contributed by atoms with Crippen LogP contribution < -0.4 is 4.74 Å². The van der Waals surface area contributed by atoms with E-state index < -0.39 is 0 Å². The molecule has 12 heavy (non-hydrogen) atoms. The van der Waals surface area contributed by atoms with Crippen LogP contribution in [-0.2, 0) is 4.74 Å². The molecule has 1 aliphatic rings. The molecule has 0 radical (unpaired) electrons. The third kappa shape index (κ3) is 2.75. The van der Waals surface area contributed by atoms with E-state index in [0.717, 1.165) is 12.4 Å². The van der Waals surface area contributed by atoms with Crippen LogP contribution in [0.2, 0.25) is 0 Å². The smallest absolute Gasteiger partial charge is 0.119 e. The summed E-state index contributed by atoms with van der Waals surface area (Å²) in [7, 11) is 0. The van der Waals surface area contributed by atoms with Crippen LogP contribution in [-0.4, -0.2) is 19.3 Å². The summed E-state index contributed by atoms with van der Waals surface area (Å²) in [4.78, 5) is 0. The zero-order valence-corrected chi connectivity index (χ0v) is 7.69. The molecule has 0 amide bonds. The summed E-state index contributed by atoms with van der Waals surface area (Å²) in [5, 5.41) is 0. The van der Waals surface area contributed by atoms with Crippen LogP contribution in [0.25, 0.3) is 0 Å². The van der Waals surface area contributed by atoms with E-state index in [2.05, 4.69) is 0 Å². The highest BCUT2D eigenvalue weighted by Gasteiger charge is 2.22. The van der Waals surface area contributed by atoms with E-state index >= 15 is 0 Å². The fourth-order valence-electron chi connectivity index (χ4n) is 0.870. The molecule has 0 bridgehead atoms. The third-order valence-electron chi connectivity index (χ3n) is 1.58. The van der Waals surface area contributed by atoms with Gasteiger partial charge in [0.1, 0.15) is 18.5 Å². The van der Waals surface area contributed by atoms with Gasteiger partial charge in [0.05, 0.1) is 6.61 Å². The fraction of sp³-hybridized carbons (Fsp3) is 0.333. The Morgan fingerprint density at radius 2 is 2.00 bits per heavy atom.